The highest BCUT2D eigenvalue weighted by molar-refractivity contribution is 6.32. The predicted octanol–water partition coefficient (Wildman–Crippen LogP) is 1.88. The topological polar surface area (TPSA) is 117 Å². The van der Waals surface area contributed by atoms with Gasteiger partial charge in [0.15, 0.2) is 17.6 Å². The molecule has 1 rings (SSSR count). The molecule has 0 heterocycles. The molecular formula is C15H19ClN2O6. The number of primary amides is 1. The van der Waals surface area contributed by atoms with Crippen LogP contribution >= 0.6 is 11.6 Å². The molecule has 0 aliphatic carbocycles. The molecule has 9 heteroatoms. The van der Waals surface area contributed by atoms with Gasteiger partial charge in [0, 0.05) is 0 Å². The van der Waals surface area contributed by atoms with Gasteiger partial charge in [0.1, 0.15) is 0 Å². The van der Waals surface area contributed by atoms with Crippen LogP contribution in [0.15, 0.2) is 12.1 Å². The molecule has 132 valence electrons. The number of rotatable bonds is 7. The van der Waals surface area contributed by atoms with Crippen LogP contribution in [-0.4, -0.2) is 37.7 Å². The lowest BCUT2D eigenvalue weighted by molar-refractivity contribution is -0.127. The highest BCUT2D eigenvalue weighted by atomic mass is 35.5. The zero-order valence-electron chi connectivity index (χ0n) is 13.6. The molecule has 0 saturated carbocycles. The second kappa shape index (κ2) is 8.97. The van der Waals surface area contributed by atoms with Gasteiger partial charge >= 0.3 is 12.0 Å². The first-order valence-electron chi connectivity index (χ1n) is 7.11. The fraction of sp³-hybridized carbons (Fsp3) is 0.400. The van der Waals surface area contributed by atoms with E-state index in [1.807, 2.05) is 12.2 Å². The summed E-state index contributed by atoms with van der Waals surface area (Å²) in [6.07, 6.45) is -0.443. The van der Waals surface area contributed by atoms with Gasteiger partial charge in [-0.3, -0.25) is 10.1 Å². The van der Waals surface area contributed by atoms with E-state index in [0.717, 1.165) is 6.42 Å². The summed E-state index contributed by atoms with van der Waals surface area (Å²) >= 11 is 6.11. The lowest BCUT2D eigenvalue weighted by Crippen LogP contribution is -2.42. The van der Waals surface area contributed by atoms with Crippen molar-refractivity contribution in [2.24, 2.45) is 5.73 Å². The number of hydrogen-bond donors (Lipinski definition) is 2. The van der Waals surface area contributed by atoms with Crippen molar-refractivity contribution in [2.75, 3.05) is 13.7 Å². The molecule has 1 aromatic rings. The molecule has 24 heavy (non-hydrogen) atoms. The van der Waals surface area contributed by atoms with E-state index >= 15 is 0 Å². The van der Waals surface area contributed by atoms with Crippen LogP contribution in [0.2, 0.25) is 5.02 Å². The van der Waals surface area contributed by atoms with E-state index < -0.39 is 24.0 Å². The largest absolute Gasteiger partial charge is 0.493 e. The molecule has 3 N–H and O–H groups in total. The summed E-state index contributed by atoms with van der Waals surface area (Å²) < 4.78 is 15.6. The van der Waals surface area contributed by atoms with Crippen LogP contribution in [0.5, 0.6) is 11.5 Å². The third-order valence-corrected chi connectivity index (χ3v) is 3.10. The van der Waals surface area contributed by atoms with Crippen LogP contribution in [0, 0.1) is 0 Å². The smallest absolute Gasteiger partial charge is 0.339 e. The average Bonchev–Trinajstić information content (AvgIpc) is 2.52. The van der Waals surface area contributed by atoms with Gasteiger partial charge in [-0.1, -0.05) is 18.5 Å². The second-order valence-corrected chi connectivity index (χ2v) is 5.15. The van der Waals surface area contributed by atoms with Gasteiger partial charge in [0.25, 0.3) is 5.91 Å². The summed E-state index contributed by atoms with van der Waals surface area (Å²) in [5, 5.41) is 1.99. The number of urea groups is 1. The number of benzene rings is 1. The summed E-state index contributed by atoms with van der Waals surface area (Å²) in [5.41, 5.74) is 4.90. The van der Waals surface area contributed by atoms with Crippen molar-refractivity contribution < 1.29 is 28.6 Å². The van der Waals surface area contributed by atoms with Crippen molar-refractivity contribution in [3.8, 4) is 11.5 Å². The Hall–Kier alpha value is -2.48. The van der Waals surface area contributed by atoms with Crippen LogP contribution in [-0.2, 0) is 9.53 Å². The molecule has 0 spiro atoms. The molecule has 0 saturated heterocycles. The molecule has 0 radical (unpaired) electrons. The maximum Gasteiger partial charge on any atom is 0.339 e. The number of imide groups is 1. The second-order valence-electron chi connectivity index (χ2n) is 4.74. The number of nitrogens with one attached hydrogen (secondary N) is 1. The van der Waals surface area contributed by atoms with Gasteiger partial charge in [-0.25, -0.2) is 9.59 Å². The highest BCUT2D eigenvalue weighted by Gasteiger charge is 2.22. The summed E-state index contributed by atoms with van der Waals surface area (Å²) in [7, 11) is 1.41. The van der Waals surface area contributed by atoms with Crippen LogP contribution < -0.4 is 20.5 Å². The lowest BCUT2D eigenvalue weighted by atomic mass is 10.2. The molecule has 0 fully saturated rings. The molecule has 0 unspecified atom stereocenters. The van der Waals surface area contributed by atoms with Crippen molar-refractivity contribution in [1.29, 1.82) is 0 Å². The van der Waals surface area contributed by atoms with E-state index in [4.69, 9.17) is 31.5 Å². The number of carbonyl (C=O) groups is 3. The van der Waals surface area contributed by atoms with Crippen molar-refractivity contribution in [3.63, 3.8) is 0 Å². The first kappa shape index (κ1) is 19.6. The Morgan fingerprint density at radius 2 is 2.00 bits per heavy atom. The molecule has 1 atom stereocenters. The highest BCUT2D eigenvalue weighted by Crippen LogP contribution is 2.36. The Kier molecular flexibility index (Phi) is 7.31. The van der Waals surface area contributed by atoms with Gasteiger partial charge in [-0.05, 0) is 25.5 Å². The Morgan fingerprint density at radius 1 is 1.33 bits per heavy atom. The van der Waals surface area contributed by atoms with Crippen LogP contribution in [0.3, 0.4) is 0 Å². The maximum atomic E-state index is 12.1. The number of halogens is 1. The Balaban J connectivity index is 2.93. The van der Waals surface area contributed by atoms with Crippen LogP contribution in [0.25, 0.3) is 0 Å². The summed E-state index contributed by atoms with van der Waals surface area (Å²) in [4.78, 5) is 34.3. The Bertz CT molecular complexity index is 635. The SMILES string of the molecule is CCCOc1c(Cl)cc(C(=O)O[C@@H](C)C(=O)NC(N)=O)cc1OC. The number of nitrogens with two attached hydrogens (primary N) is 1. The maximum absolute atomic E-state index is 12.1. The minimum absolute atomic E-state index is 0.0689. The third-order valence-electron chi connectivity index (χ3n) is 2.82. The third kappa shape index (κ3) is 5.31. The number of amides is 3. The van der Waals surface area contributed by atoms with Gasteiger partial charge in [0.05, 0.1) is 24.3 Å². The van der Waals surface area contributed by atoms with Crippen molar-refractivity contribution in [3.05, 3.63) is 22.7 Å². The number of carbonyl (C=O) groups excluding carboxylic acids is 3. The zero-order chi connectivity index (χ0) is 18.3. The summed E-state index contributed by atoms with van der Waals surface area (Å²) in [5.74, 6) is -1.07. The standard InChI is InChI=1S/C15H19ClN2O6/c1-4-5-23-12-10(16)6-9(7-11(12)22-3)14(20)24-8(2)13(19)18-15(17)21/h6-8H,4-5H2,1-3H3,(H3,17,18,19,21)/t8-/m0/s1. The van der Waals surface area contributed by atoms with Crippen LogP contribution in [0.1, 0.15) is 30.6 Å². The molecule has 0 bridgehead atoms. The molecule has 0 aliphatic heterocycles. The molecule has 0 aromatic heterocycles. The number of esters is 1. The first-order chi connectivity index (χ1) is 11.3. The number of methoxy groups -OCH3 is 1. The number of hydrogen-bond acceptors (Lipinski definition) is 6. The van der Waals surface area contributed by atoms with Crippen molar-refractivity contribution >= 4 is 29.5 Å². The minimum Gasteiger partial charge on any atom is -0.493 e. The van der Waals surface area contributed by atoms with E-state index in [2.05, 4.69) is 0 Å². The molecular weight excluding hydrogens is 340 g/mol. The Morgan fingerprint density at radius 3 is 2.54 bits per heavy atom. The van der Waals surface area contributed by atoms with E-state index in [1.165, 1.54) is 26.2 Å². The molecule has 3 amide bonds. The summed E-state index contributed by atoms with van der Waals surface area (Å²) in [6.45, 7) is 3.67. The van der Waals surface area contributed by atoms with Gasteiger partial charge in [0.2, 0.25) is 0 Å². The minimum atomic E-state index is -1.22. The molecule has 0 aliphatic rings. The predicted molar refractivity (Wildman–Crippen MR) is 86.4 cm³/mol. The van der Waals surface area contributed by atoms with E-state index in [-0.39, 0.29) is 16.3 Å². The fourth-order valence-electron chi connectivity index (χ4n) is 1.69. The van der Waals surface area contributed by atoms with E-state index in [1.54, 1.807) is 0 Å². The first-order valence-corrected chi connectivity index (χ1v) is 7.49. The van der Waals surface area contributed by atoms with Crippen LogP contribution in [0.4, 0.5) is 4.79 Å². The number of ether oxygens (including phenoxy) is 3. The average molecular weight is 359 g/mol. The molecule has 1 aromatic carbocycles. The lowest BCUT2D eigenvalue weighted by Gasteiger charge is -2.15. The fourth-order valence-corrected chi connectivity index (χ4v) is 1.95. The van der Waals surface area contributed by atoms with Gasteiger partial charge in [-0.15, -0.1) is 0 Å². The van der Waals surface area contributed by atoms with Crippen molar-refractivity contribution in [1.82, 2.24) is 5.32 Å². The quantitative estimate of drug-likeness (QED) is 0.718. The van der Waals surface area contributed by atoms with Gasteiger partial charge < -0.3 is 19.9 Å². The Labute approximate surface area is 144 Å². The monoisotopic (exact) mass is 358 g/mol. The molecule has 8 nitrogen and oxygen atoms in total. The van der Waals surface area contributed by atoms with Gasteiger partial charge in [-0.2, -0.15) is 0 Å². The zero-order valence-corrected chi connectivity index (χ0v) is 14.3. The van der Waals surface area contributed by atoms with E-state index in [9.17, 15) is 14.4 Å². The van der Waals surface area contributed by atoms with Crippen molar-refractivity contribution in [2.45, 2.75) is 26.4 Å². The normalized spacial score (nSPS) is 11.3. The van der Waals surface area contributed by atoms with E-state index in [0.29, 0.717) is 12.4 Å². The summed E-state index contributed by atoms with van der Waals surface area (Å²) in [6, 6.07) is 1.69.